The van der Waals surface area contributed by atoms with E-state index in [1.54, 1.807) is 0 Å². The summed E-state index contributed by atoms with van der Waals surface area (Å²) in [5.41, 5.74) is 15.4. The molecule has 3 aliphatic rings. The Kier molecular flexibility index (Phi) is 7.63. The molecule has 0 amide bonds. The summed E-state index contributed by atoms with van der Waals surface area (Å²) in [6, 6.07) is 23.8. The lowest BCUT2D eigenvalue weighted by molar-refractivity contribution is 0.159. The summed E-state index contributed by atoms with van der Waals surface area (Å²) >= 11 is 3.43. The van der Waals surface area contributed by atoms with Crippen molar-refractivity contribution in [1.82, 2.24) is 0 Å². The minimum atomic E-state index is -0.632. The van der Waals surface area contributed by atoms with E-state index in [9.17, 15) is 10.2 Å². The number of fused-ring (bicyclic) bond motifs is 3. The molecule has 0 fully saturated rings. The van der Waals surface area contributed by atoms with Crippen molar-refractivity contribution in [2.24, 2.45) is 5.11 Å². The number of allylic oxidation sites excluding steroid dienone is 1. The molecular weight excluding hydrogens is 478 g/mol. The topological polar surface area (TPSA) is 89.2 Å². The van der Waals surface area contributed by atoms with Crippen LogP contribution in [0, 0.1) is 0 Å². The molecule has 0 saturated heterocycles. The molecule has 4 unspecified atom stereocenters. The zero-order chi connectivity index (χ0) is 23.2. The highest BCUT2D eigenvalue weighted by Gasteiger charge is 2.29. The number of hydrogen-bond acceptors (Lipinski definition) is 3. The van der Waals surface area contributed by atoms with Gasteiger partial charge in [0, 0.05) is 9.74 Å². The van der Waals surface area contributed by atoms with Crippen molar-refractivity contribution in [3.05, 3.63) is 123 Å². The maximum Gasteiger partial charge on any atom is 0.0920 e. The number of azide groups is 1. The van der Waals surface area contributed by atoms with Gasteiger partial charge in [-0.1, -0.05) is 106 Å². The number of hydrogen-bond donors (Lipinski definition) is 2. The molecule has 2 N–H and O–H groups in total. The number of benzene rings is 3. The van der Waals surface area contributed by atoms with Gasteiger partial charge in [-0.25, -0.2) is 0 Å². The van der Waals surface area contributed by atoms with Crippen LogP contribution in [0.15, 0.2) is 84.0 Å². The first kappa shape index (κ1) is 23.3. The van der Waals surface area contributed by atoms with Crippen molar-refractivity contribution in [2.75, 3.05) is 0 Å². The molecule has 33 heavy (non-hydrogen) atoms. The standard InChI is InChI=1S/C9H9BrO.C9H9N3O.C9H8/c10-8-5-6-3-1-2-4-7(6)9(8)11;10-12-11-8-5-6-3-1-2-4-7(6)9(8)13;1-2-5-9-7-3-6-8(9)4-1/h1-4,8-9,11H,5H2;1-4,8-9,13H,5H2;1-6H,7H2. The van der Waals surface area contributed by atoms with Crippen LogP contribution in [0.1, 0.15) is 45.6 Å². The summed E-state index contributed by atoms with van der Waals surface area (Å²) in [6.07, 6.45) is 6.13. The third kappa shape index (κ3) is 5.37. The molecule has 0 aliphatic heterocycles. The molecule has 3 aromatic rings. The monoisotopic (exact) mass is 503 g/mol. The Labute approximate surface area is 202 Å². The van der Waals surface area contributed by atoms with Crippen molar-refractivity contribution < 1.29 is 10.2 Å². The first-order valence-electron chi connectivity index (χ1n) is 11.0. The summed E-state index contributed by atoms with van der Waals surface area (Å²) in [7, 11) is 0. The quantitative estimate of drug-likeness (QED) is 0.178. The van der Waals surface area contributed by atoms with Gasteiger partial charge >= 0.3 is 0 Å². The normalized spacial score (nSPS) is 23.1. The minimum absolute atomic E-state index is 0.208. The summed E-state index contributed by atoms with van der Waals surface area (Å²) in [4.78, 5) is 2.92. The van der Waals surface area contributed by atoms with E-state index in [2.05, 4.69) is 68.4 Å². The van der Waals surface area contributed by atoms with Gasteiger partial charge in [0.2, 0.25) is 0 Å². The number of aliphatic hydroxyl groups excluding tert-OH is 2. The maximum atomic E-state index is 9.71. The molecule has 3 aromatic carbocycles. The van der Waals surface area contributed by atoms with Gasteiger partial charge in [0.1, 0.15) is 0 Å². The third-order valence-electron chi connectivity index (χ3n) is 6.19. The van der Waals surface area contributed by atoms with Crippen molar-refractivity contribution in [1.29, 1.82) is 0 Å². The van der Waals surface area contributed by atoms with Crippen molar-refractivity contribution >= 4 is 22.0 Å². The molecule has 0 aromatic heterocycles. The Hall–Kier alpha value is -2.89. The second-order valence-corrected chi connectivity index (χ2v) is 9.47. The van der Waals surface area contributed by atoms with Crippen LogP contribution in [0.3, 0.4) is 0 Å². The van der Waals surface area contributed by atoms with E-state index in [1.807, 2.05) is 42.5 Å². The van der Waals surface area contributed by atoms with E-state index in [-0.39, 0.29) is 17.0 Å². The molecule has 0 radical (unpaired) electrons. The molecule has 6 rings (SSSR count). The lowest BCUT2D eigenvalue weighted by atomic mass is 10.1. The maximum absolute atomic E-state index is 9.71. The molecule has 0 spiro atoms. The van der Waals surface area contributed by atoms with Crippen LogP contribution < -0.4 is 0 Å². The fraction of sp³-hybridized carbons (Fsp3) is 0.259. The predicted octanol–water partition coefficient (Wildman–Crippen LogP) is 6.25. The van der Waals surface area contributed by atoms with Crippen LogP contribution in [0.25, 0.3) is 16.5 Å². The van der Waals surface area contributed by atoms with Crippen molar-refractivity contribution in [3.8, 4) is 0 Å². The highest BCUT2D eigenvalue weighted by atomic mass is 79.9. The molecule has 5 nitrogen and oxygen atoms in total. The van der Waals surface area contributed by atoms with Crippen LogP contribution in [-0.4, -0.2) is 21.1 Å². The van der Waals surface area contributed by atoms with Gasteiger partial charge in [-0.05, 0) is 58.2 Å². The van der Waals surface area contributed by atoms with Gasteiger partial charge in [0.05, 0.1) is 18.2 Å². The van der Waals surface area contributed by atoms with Crippen molar-refractivity contribution in [2.45, 2.75) is 42.3 Å². The lowest BCUT2D eigenvalue weighted by Gasteiger charge is -2.07. The smallest absolute Gasteiger partial charge is 0.0920 e. The minimum Gasteiger partial charge on any atom is -0.388 e. The van der Waals surface area contributed by atoms with Gasteiger partial charge in [-0.3, -0.25) is 0 Å². The van der Waals surface area contributed by atoms with Crippen LogP contribution in [0.5, 0.6) is 0 Å². The zero-order valence-corrected chi connectivity index (χ0v) is 19.7. The van der Waals surface area contributed by atoms with Gasteiger partial charge < -0.3 is 10.2 Å². The Morgan fingerprint density at radius 3 is 1.97 bits per heavy atom. The van der Waals surface area contributed by atoms with E-state index in [1.165, 1.54) is 16.7 Å². The predicted molar refractivity (Wildman–Crippen MR) is 135 cm³/mol. The second-order valence-electron chi connectivity index (χ2n) is 8.29. The molecule has 3 aliphatic carbocycles. The highest BCUT2D eigenvalue weighted by molar-refractivity contribution is 9.09. The SMILES string of the molecule is C1=Cc2ccccc2C1.OC1c2ccccc2CC1Br.[N-]=[N+]=NC1Cc2ccccc2C1O. The first-order chi connectivity index (χ1) is 16.1. The molecular formula is C27H26BrN3O2. The summed E-state index contributed by atoms with van der Waals surface area (Å²) in [5, 5.41) is 22.9. The van der Waals surface area contributed by atoms with Crippen molar-refractivity contribution in [3.63, 3.8) is 0 Å². The summed E-state index contributed by atoms with van der Waals surface area (Å²) < 4.78 is 0. The second kappa shape index (κ2) is 10.8. The van der Waals surface area contributed by atoms with E-state index in [0.717, 1.165) is 29.5 Å². The molecule has 0 heterocycles. The fourth-order valence-corrected chi connectivity index (χ4v) is 5.08. The molecule has 6 heteroatoms. The van der Waals surface area contributed by atoms with E-state index in [0.29, 0.717) is 6.42 Å². The Balaban J connectivity index is 0.000000120. The van der Waals surface area contributed by atoms with Gasteiger partial charge in [0.25, 0.3) is 0 Å². The van der Waals surface area contributed by atoms with E-state index in [4.69, 9.17) is 5.53 Å². The van der Waals surface area contributed by atoms with Crippen LogP contribution >= 0.6 is 15.9 Å². The molecule has 4 atom stereocenters. The molecule has 168 valence electrons. The number of halogens is 1. The molecule has 0 saturated carbocycles. The fourth-order valence-electron chi connectivity index (χ4n) is 4.44. The highest BCUT2D eigenvalue weighted by Crippen LogP contribution is 2.35. The van der Waals surface area contributed by atoms with E-state index >= 15 is 0 Å². The number of alkyl halides is 1. The summed E-state index contributed by atoms with van der Waals surface area (Å²) in [5.74, 6) is 0. The molecule has 0 bridgehead atoms. The average Bonchev–Trinajstić information content (AvgIpc) is 3.52. The van der Waals surface area contributed by atoms with Crippen LogP contribution in [-0.2, 0) is 19.3 Å². The van der Waals surface area contributed by atoms with Gasteiger partial charge in [-0.2, -0.15) is 0 Å². The zero-order valence-electron chi connectivity index (χ0n) is 18.1. The Morgan fingerprint density at radius 1 is 0.788 bits per heavy atom. The number of nitrogens with zero attached hydrogens (tertiary/aromatic N) is 3. The largest absolute Gasteiger partial charge is 0.388 e. The number of aliphatic hydroxyl groups is 2. The van der Waals surface area contributed by atoms with Gasteiger partial charge in [0.15, 0.2) is 0 Å². The third-order valence-corrected chi connectivity index (χ3v) is 7.01. The Morgan fingerprint density at radius 2 is 1.36 bits per heavy atom. The summed E-state index contributed by atoms with van der Waals surface area (Å²) in [6.45, 7) is 0. The van der Waals surface area contributed by atoms with Crippen LogP contribution in [0.2, 0.25) is 0 Å². The Bertz CT molecular complexity index is 1190. The van der Waals surface area contributed by atoms with Crippen LogP contribution in [0.4, 0.5) is 0 Å². The van der Waals surface area contributed by atoms with E-state index < -0.39 is 6.10 Å². The lowest BCUT2D eigenvalue weighted by Crippen LogP contribution is -2.09. The number of rotatable bonds is 1. The first-order valence-corrected chi connectivity index (χ1v) is 11.9. The van der Waals surface area contributed by atoms with Gasteiger partial charge in [-0.15, -0.1) is 0 Å². The average molecular weight is 504 g/mol.